The molecule has 6 nitrogen and oxygen atoms in total. The molecule has 0 radical (unpaired) electrons. The van der Waals surface area contributed by atoms with Crippen LogP contribution in [0.4, 0.5) is 5.82 Å². The van der Waals surface area contributed by atoms with E-state index in [9.17, 15) is 4.79 Å². The van der Waals surface area contributed by atoms with Gasteiger partial charge in [0.15, 0.2) is 0 Å². The molecule has 1 fully saturated rings. The highest BCUT2D eigenvalue weighted by molar-refractivity contribution is 5.93. The summed E-state index contributed by atoms with van der Waals surface area (Å²) >= 11 is 0. The van der Waals surface area contributed by atoms with Crippen molar-refractivity contribution in [3.63, 3.8) is 0 Å². The minimum Gasteiger partial charge on any atom is -0.369 e. The van der Waals surface area contributed by atoms with Crippen LogP contribution >= 0.6 is 0 Å². The number of aryl methyl sites for hydroxylation is 1. The molecule has 1 heterocycles. The fourth-order valence-corrected chi connectivity index (χ4v) is 2.87. The molecule has 2 rings (SSSR count). The second-order valence-corrected chi connectivity index (χ2v) is 6.58. The molecule has 1 amide bonds. The minimum atomic E-state index is -0.0851. The van der Waals surface area contributed by atoms with Gasteiger partial charge in [0.05, 0.1) is 0 Å². The average molecular weight is 319 g/mol. The normalized spacial score (nSPS) is 16.2. The standard InChI is InChI=1S/C17H29N5O/c1-13-19-15(12-16(20-13)18-10-11-22(2)3)17(23)21-14-8-6-4-5-7-9-14/h12,14H,4-11H2,1-3H3,(H,21,23)(H,18,19,20). The van der Waals surface area contributed by atoms with Crippen LogP contribution in [0.25, 0.3) is 0 Å². The minimum absolute atomic E-state index is 0.0851. The fraction of sp³-hybridized carbons (Fsp3) is 0.706. The van der Waals surface area contributed by atoms with Gasteiger partial charge in [-0.25, -0.2) is 9.97 Å². The number of aromatic nitrogens is 2. The van der Waals surface area contributed by atoms with Crippen molar-refractivity contribution >= 4 is 11.7 Å². The Morgan fingerprint density at radius 2 is 1.91 bits per heavy atom. The van der Waals surface area contributed by atoms with Crippen molar-refractivity contribution < 1.29 is 4.79 Å². The third-order valence-corrected chi connectivity index (χ3v) is 4.13. The van der Waals surface area contributed by atoms with Gasteiger partial charge < -0.3 is 15.5 Å². The molecular weight excluding hydrogens is 290 g/mol. The van der Waals surface area contributed by atoms with Crippen LogP contribution in [0.3, 0.4) is 0 Å². The van der Waals surface area contributed by atoms with Crippen molar-refractivity contribution in [2.45, 2.75) is 51.5 Å². The van der Waals surface area contributed by atoms with Gasteiger partial charge in [-0.2, -0.15) is 0 Å². The van der Waals surface area contributed by atoms with E-state index in [1.807, 2.05) is 21.0 Å². The predicted molar refractivity (Wildman–Crippen MR) is 92.8 cm³/mol. The molecule has 0 spiro atoms. The molecule has 1 aliphatic rings. The fourth-order valence-electron chi connectivity index (χ4n) is 2.87. The smallest absolute Gasteiger partial charge is 0.270 e. The Kier molecular flexibility index (Phi) is 6.77. The van der Waals surface area contributed by atoms with E-state index in [4.69, 9.17) is 0 Å². The zero-order valence-corrected chi connectivity index (χ0v) is 14.6. The summed E-state index contributed by atoms with van der Waals surface area (Å²) in [4.78, 5) is 23.2. The topological polar surface area (TPSA) is 70.2 Å². The Balaban J connectivity index is 1.97. The molecule has 0 bridgehead atoms. The van der Waals surface area contributed by atoms with Gasteiger partial charge in [0.2, 0.25) is 0 Å². The molecule has 6 heteroatoms. The Morgan fingerprint density at radius 3 is 2.57 bits per heavy atom. The summed E-state index contributed by atoms with van der Waals surface area (Å²) in [5.41, 5.74) is 0.453. The molecule has 0 unspecified atom stereocenters. The summed E-state index contributed by atoms with van der Waals surface area (Å²) in [5, 5.41) is 6.39. The number of nitrogens with zero attached hydrogens (tertiary/aromatic N) is 3. The van der Waals surface area contributed by atoms with Crippen LogP contribution in [0.5, 0.6) is 0 Å². The maximum atomic E-state index is 12.5. The van der Waals surface area contributed by atoms with Crippen molar-refractivity contribution in [2.24, 2.45) is 0 Å². The van der Waals surface area contributed by atoms with Crippen LogP contribution in [0.1, 0.15) is 54.8 Å². The van der Waals surface area contributed by atoms with Gasteiger partial charge in [-0.15, -0.1) is 0 Å². The molecule has 1 aromatic rings. The largest absolute Gasteiger partial charge is 0.369 e. The van der Waals surface area contributed by atoms with E-state index in [2.05, 4.69) is 25.5 Å². The van der Waals surface area contributed by atoms with Gasteiger partial charge in [-0.05, 0) is 33.9 Å². The van der Waals surface area contributed by atoms with Gasteiger partial charge in [0.25, 0.3) is 5.91 Å². The number of hydrogen-bond acceptors (Lipinski definition) is 5. The summed E-state index contributed by atoms with van der Waals surface area (Å²) in [7, 11) is 4.05. The average Bonchev–Trinajstić information content (AvgIpc) is 2.75. The SMILES string of the molecule is Cc1nc(NCCN(C)C)cc(C(=O)NC2CCCCCC2)n1. The highest BCUT2D eigenvalue weighted by Gasteiger charge is 2.17. The van der Waals surface area contributed by atoms with Crippen LogP contribution in [0.2, 0.25) is 0 Å². The first kappa shape index (κ1) is 17.7. The number of hydrogen-bond donors (Lipinski definition) is 2. The van der Waals surface area contributed by atoms with Crippen molar-refractivity contribution in [3.8, 4) is 0 Å². The quantitative estimate of drug-likeness (QED) is 0.787. The Bertz CT molecular complexity index is 510. The molecule has 0 saturated heterocycles. The van der Waals surface area contributed by atoms with Crippen molar-refractivity contribution in [2.75, 3.05) is 32.5 Å². The number of amides is 1. The molecule has 0 aliphatic heterocycles. The lowest BCUT2D eigenvalue weighted by Gasteiger charge is -2.16. The number of carbonyl (C=O) groups excluding carboxylic acids is 1. The van der Waals surface area contributed by atoms with Gasteiger partial charge >= 0.3 is 0 Å². The van der Waals surface area contributed by atoms with Gasteiger partial charge in [0, 0.05) is 25.2 Å². The maximum Gasteiger partial charge on any atom is 0.270 e. The third-order valence-electron chi connectivity index (χ3n) is 4.13. The second-order valence-electron chi connectivity index (χ2n) is 6.58. The van der Waals surface area contributed by atoms with Crippen LogP contribution < -0.4 is 10.6 Å². The molecule has 1 saturated carbocycles. The maximum absolute atomic E-state index is 12.5. The molecule has 128 valence electrons. The van der Waals surface area contributed by atoms with E-state index in [1.165, 1.54) is 25.7 Å². The highest BCUT2D eigenvalue weighted by Crippen LogP contribution is 2.17. The molecule has 1 aromatic heterocycles. The monoisotopic (exact) mass is 319 g/mol. The van der Waals surface area contributed by atoms with E-state index < -0.39 is 0 Å². The summed E-state index contributed by atoms with van der Waals surface area (Å²) in [5.74, 6) is 1.24. The summed E-state index contributed by atoms with van der Waals surface area (Å²) in [6.07, 6.45) is 7.10. The van der Waals surface area contributed by atoms with E-state index >= 15 is 0 Å². The molecular formula is C17H29N5O. The lowest BCUT2D eigenvalue weighted by atomic mass is 10.1. The number of carbonyl (C=O) groups is 1. The summed E-state index contributed by atoms with van der Waals surface area (Å²) in [6.45, 7) is 3.51. The van der Waals surface area contributed by atoms with Crippen molar-refractivity contribution in [3.05, 3.63) is 17.6 Å². The van der Waals surface area contributed by atoms with Crippen LogP contribution in [-0.4, -0.2) is 54.0 Å². The number of nitrogens with one attached hydrogen (secondary N) is 2. The molecule has 0 aromatic carbocycles. The predicted octanol–water partition coefficient (Wildman–Crippen LogP) is 2.21. The number of rotatable bonds is 6. The molecule has 0 atom stereocenters. The lowest BCUT2D eigenvalue weighted by molar-refractivity contribution is 0.0928. The highest BCUT2D eigenvalue weighted by atomic mass is 16.1. The van der Waals surface area contributed by atoms with Crippen LogP contribution in [0, 0.1) is 6.92 Å². The van der Waals surface area contributed by atoms with Crippen molar-refractivity contribution in [1.29, 1.82) is 0 Å². The van der Waals surface area contributed by atoms with Crippen molar-refractivity contribution in [1.82, 2.24) is 20.2 Å². The second kappa shape index (κ2) is 8.82. The number of anilines is 1. The Labute approximate surface area is 139 Å². The third kappa shape index (κ3) is 6.14. The van der Waals surface area contributed by atoms with Crippen LogP contribution in [0.15, 0.2) is 6.07 Å². The summed E-state index contributed by atoms with van der Waals surface area (Å²) < 4.78 is 0. The summed E-state index contributed by atoms with van der Waals surface area (Å²) in [6, 6.07) is 2.03. The van der Waals surface area contributed by atoms with E-state index in [0.717, 1.165) is 25.9 Å². The Hall–Kier alpha value is -1.69. The van der Waals surface area contributed by atoms with Crippen LogP contribution in [-0.2, 0) is 0 Å². The van der Waals surface area contributed by atoms with Gasteiger partial charge in [0.1, 0.15) is 17.3 Å². The zero-order valence-electron chi connectivity index (χ0n) is 14.6. The first-order valence-corrected chi connectivity index (χ1v) is 8.60. The first-order valence-electron chi connectivity index (χ1n) is 8.60. The Morgan fingerprint density at radius 1 is 1.22 bits per heavy atom. The zero-order chi connectivity index (χ0) is 16.7. The van der Waals surface area contributed by atoms with E-state index in [1.54, 1.807) is 6.07 Å². The van der Waals surface area contributed by atoms with E-state index in [0.29, 0.717) is 17.3 Å². The lowest BCUT2D eigenvalue weighted by Crippen LogP contribution is -2.35. The van der Waals surface area contributed by atoms with Gasteiger partial charge in [-0.1, -0.05) is 25.7 Å². The van der Waals surface area contributed by atoms with E-state index in [-0.39, 0.29) is 11.9 Å². The number of likely N-dealkylation sites (N-methyl/N-ethyl adjacent to an activating group) is 1. The van der Waals surface area contributed by atoms with Gasteiger partial charge in [-0.3, -0.25) is 4.79 Å². The molecule has 2 N–H and O–H groups in total. The molecule has 1 aliphatic carbocycles. The first-order chi connectivity index (χ1) is 11.0. The molecule has 23 heavy (non-hydrogen) atoms.